The van der Waals surface area contributed by atoms with Gasteiger partial charge in [0.2, 0.25) is 17.7 Å². The van der Waals surface area contributed by atoms with Crippen LogP contribution < -0.4 is 21.3 Å². The molecule has 3 aromatic rings. The molecule has 46 heavy (non-hydrogen) atoms. The van der Waals surface area contributed by atoms with Gasteiger partial charge < -0.3 is 30.6 Å². The molecule has 5 rings (SSSR count). The zero-order chi connectivity index (χ0) is 33.1. The number of hydrogen-bond acceptors (Lipinski definition) is 6. The average Bonchev–Trinajstić information content (AvgIpc) is 3.58. The summed E-state index contributed by atoms with van der Waals surface area (Å²) in [4.78, 5) is 68.1. The lowest BCUT2D eigenvalue weighted by atomic mass is 10.0. The summed E-state index contributed by atoms with van der Waals surface area (Å²) in [6, 6.07) is 16.7. The van der Waals surface area contributed by atoms with Crippen LogP contribution in [0.1, 0.15) is 72.1 Å². The first kappa shape index (κ1) is 34.0. The topological polar surface area (TPSA) is 150 Å². The molecule has 2 aliphatic rings. The van der Waals surface area contributed by atoms with Gasteiger partial charge in [-0.2, -0.15) is 0 Å². The van der Waals surface area contributed by atoms with E-state index >= 15 is 0 Å². The number of carbonyl (C=O) groups excluding carboxylic acids is 5. The first-order valence-corrected chi connectivity index (χ1v) is 15.8. The van der Waals surface area contributed by atoms with Crippen molar-refractivity contribution in [1.82, 2.24) is 26.2 Å². The normalized spacial score (nSPS) is 20.7. The van der Waals surface area contributed by atoms with Crippen molar-refractivity contribution in [3.05, 3.63) is 95.4 Å². The van der Waals surface area contributed by atoms with E-state index in [2.05, 4.69) is 21.3 Å². The number of nitrogens with one attached hydrogen (secondary N) is 4. The highest BCUT2D eigenvalue weighted by Gasteiger charge is 2.29. The molecular formula is C35H43N5O6. The quantitative estimate of drug-likeness (QED) is 0.319. The van der Waals surface area contributed by atoms with Crippen molar-refractivity contribution in [2.75, 3.05) is 13.1 Å². The second-order valence-corrected chi connectivity index (χ2v) is 12.0. The molecule has 0 radical (unpaired) electrons. The Kier molecular flexibility index (Phi) is 12.1. The first-order valence-electron chi connectivity index (χ1n) is 15.8. The van der Waals surface area contributed by atoms with E-state index in [0.717, 1.165) is 11.1 Å². The highest BCUT2D eigenvalue weighted by Crippen LogP contribution is 2.15. The Labute approximate surface area is 269 Å². The Morgan fingerprint density at radius 1 is 0.848 bits per heavy atom. The molecule has 5 amide bonds. The second kappa shape index (κ2) is 16.4. The first-order chi connectivity index (χ1) is 22.1. The lowest BCUT2D eigenvalue weighted by molar-refractivity contribution is -0.132. The molecule has 11 nitrogen and oxygen atoms in total. The van der Waals surface area contributed by atoms with Gasteiger partial charge in [-0.1, -0.05) is 56.3 Å². The van der Waals surface area contributed by atoms with E-state index in [9.17, 15) is 24.0 Å². The van der Waals surface area contributed by atoms with Gasteiger partial charge in [0.15, 0.2) is 5.76 Å². The molecule has 2 bridgehead atoms. The molecule has 0 saturated carbocycles. The third-order valence-electron chi connectivity index (χ3n) is 7.76. The van der Waals surface area contributed by atoms with Crippen LogP contribution in [0.15, 0.2) is 77.4 Å². The van der Waals surface area contributed by atoms with Gasteiger partial charge in [0, 0.05) is 31.6 Å². The largest absolute Gasteiger partial charge is 0.459 e. The molecule has 0 fully saturated rings. The Balaban J connectivity index is 1.61. The van der Waals surface area contributed by atoms with Crippen LogP contribution >= 0.6 is 0 Å². The summed E-state index contributed by atoms with van der Waals surface area (Å²) >= 11 is 0. The number of amides is 5. The summed E-state index contributed by atoms with van der Waals surface area (Å²) in [7, 11) is 0. The fourth-order valence-electron chi connectivity index (χ4n) is 5.24. The molecule has 2 aromatic carbocycles. The average molecular weight is 630 g/mol. The molecule has 244 valence electrons. The second-order valence-electron chi connectivity index (χ2n) is 12.0. The number of furan rings is 1. The van der Waals surface area contributed by atoms with Gasteiger partial charge in [-0.3, -0.25) is 24.0 Å². The Hall–Kier alpha value is -4.93. The van der Waals surface area contributed by atoms with E-state index in [1.807, 2.05) is 44.2 Å². The summed E-state index contributed by atoms with van der Waals surface area (Å²) in [6.45, 7) is 6.51. The number of carbonyl (C=O) groups is 5. The van der Waals surface area contributed by atoms with Gasteiger partial charge in [-0.25, -0.2) is 0 Å². The smallest absolute Gasteiger partial charge is 0.289 e. The maximum Gasteiger partial charge on any atom is 0.289 e. The molecule has 0 spiro atoms. The van der Waals surface area contributed by atoms with E-state index in [1.54, 1.807) is 48.2 Å². The van der Waals surface area contributed by atoms with E-state index in [4.69, 9.17) is 4.42 Å². The fourth-order valence-corrected chi connectivity index (χ4v) is 5.24. The van der Waals surface area contributed by atoms with Gasteiger partial charge in [-0.05, 0) is 67.5 Å². The van der Waals surface area contributed by atoms with Crippen LogP contribution in [0, 0.1) is 5.92 Å². The van der Waals surface area contributed by atoms with Gasteiger partial charge in [-0.15, -0.1) is 0 Å². The third kappa shape index (κ3) is 9.79. The third-order valence-corrected chi connectivity index (χ3v) is 7.76. The molecule has 4 N–H and O–H groups in total. The molecule has 0 saturated heterocycles. The van der Waals surface area contributed by atoms with E-state index in [-0.39, 0.29) is 36.5 Å². The van der Waals surface area contributed by atoms with Gasteiger partial charge in [0.05, 0.1) is 6.26 Å². The monoisotopic (exact) mass is 629 g/mol. The summed E-state index contributed by atoms with van der Waals surface area (Å²) < 4.78 is 5.35. The summed E-state index contributed by atoms with van der Waals surface area (Å²) in [5.74, 6) is -1.78. The number of fused-ring (bicyclic) bond motifs is 18. The van der Waals surface area contributed by atoms with Crippen molar-refractivity contribution in [3.63, 3.8) is 0 Å². The van der Waals surface area contributed by atoms with E-state index < -0.39 is 35.8 Å². The van der Waals surface area contributed by atoms with Gasteiger partial charge >= 0.3 is 0 Å². The van der Waals surface area contributed by atoms with Crippen LogP contribution in [0.2, 0.25) is 0 Å². The standard InChI is InChI=1S/C35H43N5O6/c1-23(2)20-28-33(43)37-24(3)31(41)36-17-7-8-18-40(35(45)30-12-9-19-46-30)22-26-13-15-27(16-14-26)32(42)38-29(34(44)39-28)21-25-10-5-4-6-11-25/h4-6,9-16,19,23-24,28-29H,7-8,17-18,20-22H2,1-3H3,(H,36,41)(H,37,43)(H,38,42)(H,39,44)/t24-,28+,29-/m1/s1. The number of nitrogens with zero attached hydrogens (tertiary/aromatic N) is 1. The summed E-state index contributed by atoms with van der Waals surface area (Å²) in [5.41, 5.74) is 1.99. The van der Waals surface area contributed by atoms with Crippen LogP contribution in [-0.2, 0) is 27.3 Å². The fraction of sp³-hybridized carbons (Fsp3) is 0.400. The van der Waals surface area contributed by atoms with Crippen molar-refractivity contribution in [2.45, 2.75) is 71.1 Å². The molecule has 3 heterocycles. The van der Waals surface area contributed by atoms with Crippen molar-refractivity contribution >= 4 is 29.5 Å². The molecule has 11 heteroatoms. The SMILES string of the molecule is CC(C)C[C@@H]1NC(=O)[C@@H](Cc2ccccc2)NC(=O)c2ccc(cc2)CN(C(=O)c2ccco2)CCCCNC(=O)[C@@H](C)NC1=O. The number of hydrogen-bond donors (Lipinski definition) is 4. The van der Waals surface area contributed by atoms with Gasteiger partial charge in [0.25, 0.3) is 11.8 Å². The van der Waals surface area contributed by atoms with Crippen LogP contribution in [0.25, 0.3) is 0 Å². The minimum Gasteiger partial charge on any atom is -0.459 e. The van der Waals surface area contributed by atoms with E-state index in [0.29, 0.717) is 37.9 Å². The predicted octanol–water partition coefficient (Wildman–Crippen LogP) is 3.21. The van der Waals surface area contributed by atoms with Crippen molar-refractivity contribution in [2.24, 2.45) is 5.92 Å². The maximum atomic E-state index is 13.7. The Bertz CT molecular complexity index is 1470. The Morgan fingerprint density at radius 3 is 2.24 bits per heavy atom. The van der Waals surface area contributed by atoms with Crippen LogP contribution in [0.5, 0.6) is 0 Å². The molecule has 3 atom stereocenters. The number of rotatable bonds is 5. The van der Waals surface area contributed by atoms with Gasteiger partial charge in [0.1, 0.15) is 18.1 Å². The molecular weight excluding hydrogens is 586 g/mol. The minimum absolute atomic E-state index is 0.0644. The van der Waals surface area contributed by atoms with Crippen LogP contribution in [0.3, 0.4) is 0 Å². The molecule has 2 aliphatic heterocycles. The van der Waals surface area contributed by atoms with E-state index in [1.165, 1.54) is 6.26 Å². The predicted molar refractivity (Wildman–Crippen MR) is 173 cm³/mol. The lowest BCUT2D eigenvalue weighted by Gasteiger charge is -2.25. The zero-order valence-electron chi connectivity index (χ0n) is 26.6. The van der Waals surface area contributed by atoms with Crippen molar-refractivity contribution < 1.29 is 28.4 Å². The maximum absolute atomic E-state index is 13.7. The lowest BCUT2D eigenvalue weighted by Crippen LogP contribution is -2.57. The molecule has 0 unspecified atom stereocenters. The highest BCUT2D eigenvalue weighted by molar-refractivity contribution is 5.99. The molecule has 0 aliphatic carbocycles. The summed E-state index contributed by atoms with van der Waals surface area (Å²) in [5, 5.41) is 11.3. The molecule has 1 aromatic heterocycles. The number of benzene rings is 2. The van der Waals surface area contributed by atoms with Crippen molar-refractivity contribution in [1.29, 1.82) is 0 Å². The van der Waals surface area contributed by atoms with Crippen LogP contribution in [0.4, 0.5) is 0 Å². The zero-order valence-corrected chi connectivity index (χ0v) is 26.6. The highest BCUT2D eigenvalue weighted by atomic mass is 16.3. The Morgan fingerprint density at radius 2 is 1.57 bits per heavy atom. The minimum atomic E-state index is -0.978. The van der Waals surface area contributed by atoms with Crippen LogP contribution in [-0.4, -0.2) is 65.7 Å². The summed E-state index contributed by atoms with van der Waals surface area (Å²) in [6.07, 6.45) is 3.20. The van der Waals surface area contributed by atoms with Crippen molar-refractivity contribution in [3.8, 4) is 0 Å².